The van der Waals surface area contributed by atoms with Gasteiger partial charge in [-0.25, -0.2) is 0 Å². The third kappa shape index (κ3) is 3.39. The second-order valence-electron chi connectivity index (χ2n) is 7.34. The molecular weight excluding hydrogens is 320 g/mol. The minimum Gasteiger partial charge on any atom is -0.379 e. The normalized spacial score (nSPS) is 25.5. The summed E-state index contributed by atoms with van der Waals surface area (Å²) in [6, 6.07) is 0.380. The van der Waals surface area contributed by atoms with Gasteiger partial charge >= 0.3 is 0 Å². The van der Waals surface area contributed by atoms with Crippen LogP contribution in [0, 0.1) is 0 Å². The number of carbonyl (C=O) groups is 1. The minimum atomic E-state index is 0.307. The summed E-state index contributed by atoms with van der Waals surface area (Å²) >= 11 is 1.69. The summed E-state index contributed by atoms with van der Waals surface area (Å²) in [5, 5.41) is 2.24. The number of morpholine rings is 1. The Morgan fingerprint density at radius 3 is 2.83 bits per heavy atom. The number of rotatable bonds is 3. The third-order valence-electron chi connectivity index (χ3n) is 5.76. The molecule has 0 bridgehead atoms. The fourth-order valence-corrected chi connectivity index (χ4v) is 5.48. The second-order valence-corrected chi connectivity index (χ2v) is 8.22. The molecule has 4 rings (SSSR count). The van der Waals surface area contributed by atoms with Gasteiger partial charge in [0, 0.05) is 32.2 Å². The topological polar surface area (TPSA) is 32.8 Å². The Morgan fingerprint density at radius 2 is 1.96 bits per heavy atom. The van der Waals surface area contributed by atoms with Gasteiger partial charge in [-0.05, 0) is 61.5 Å². The van der Waals surface area contributed by atoms with Crippen molar-refractivity contribution in [2.75, 3.05) is 39.4 Å². The summed E-state index contributed by atoms with van der Waals surface area (Å²) < 4.78 is 5.46. The Balaban J connectivity index is 1.49. The summed E-state index contributed by atoms with van der Waals surface area (Å²) in [5.41, 5.74) is 2.81. The fourth-order valence-electron chi connectivity index (χ4n) is 4.37. The van der Waals surface area contributed by atoms with E-state index in [9.17, 15) is 4.79 Å². The molecule has 0 radical (unpaired) electrons. The van der Waals surface area contributed by atoms with E-state index < -0.39 is 0 Å². The van der Waals surface area contributed by atoms with E-state index in [4.69, 9.17) is 4.74 Å². The van der Waals surface area contributed by atoms with Crippen LogP contribution in [0.1, 0.15) is 52.9 Å². The number of nitrogens with zero attached hydrogens (tertiary/aromatic N) is 2. The quantitative estimate of drug-likeness (QED) is 0.842. The maximum Gasteiger partial charge on any atom is 0.264 e. The predicted molar refractivity (Wildman–Crippen MR) is 96.9 cm³/mol. The molecule has 4 nitrogen and oxygen atoms in total. The fraction of sp³-hybridized carbons (Fsp3) is 0.737. The van der Waals surface area contributed by atoms with Gasteiger partial charge in [0.15, 0.2) is 0 Å². The van der Waals surface area contributed by atoms with Crippen molar-refractivity contribution in [2.24, 2.45) is 0 Å². The highest BCUT2D eigenvalue weighted by molar-refractivity contribution is 7.12. The van der Waals surface area contributed by atoms with Gasteiger partial charge in [0.1, 0.15) is 0 Å². The van der Waals surface area contributed by atoms with Crippen molar-refractivity contribution in [3.8, 4) is 0 Å². The highest BCUT2D eigenvalue weighted by Crippen LogP contribution is 2.32. The van der Waals surface area contributed by atoms with Crippen LogP contribution in [0.2, 0.25) is 0 Å². The zero-order valence-corrected chi connectivity index (χ0v) is 15.3. The average molecular weight is 349 g/mol. The molecule has 132 valence electrons. The van der Waals surface area contributed by atoms with Crippen LogP contribution in [0.5, 0.6) is 0 Å². The van der Waals surface area contributed by atoms with Crippen LogP contribution in [0.25, 0.3) is 0 Å². The van der Waals surface area contributed by atoms with E-state index in [-0.39, 0.29) is 0 Å². The van der Waals surface area contributed by atoms with Gasteiger partial charge < -0.3 is 9.64 Å². The summed E-state index contributed by atoms with van der Waals surface area (Å²) in [5.74, 6) is 0.307. The molecule has 24 heavy (non-hydrogen) atoms. The Labute approximate surface area is 148 Å². The summed E-state index contributed by atoms with van der Waals surface area (Å²) in [4.78, 5) is 19.0. The van der Waals surface area contributed by atoms with Gasteiger partial charge in [-0.1, -0.05) is 0 Å². The summed E-state index contributed by atoms with van der Waals surface area (Å²) in [6.45, 7) is 5.63. The van der Waals surface area contributed by atoms with Gasteiger partial charge in [0.2, 0.25) is 0 Å². The van der Waals surface area contributed by atoms with Crippen LogP contribution in [0.3, 0.4) is 0 Å². The molecule has 0 spiro atoms. The van der Waals surface area contributed by atoms with Crippen molar-refractivity contribution >= 4 is 17.2 Å². The molecule has 2 saturated heterocycles. The molecule has 2 aliphatic heterocycles. The number of amides is 1. The molecule has 5 heteroatoms. The number of thiophene rings is 1. The molecule has 1 aliphatic carbocycles. The number of likely N-dealkylation sites (tertiary alicyclic amines) is 1. The largest absolute Gasteiger partial charge is 0.379 e. The summed E-state index contributed by atoms with van der Waals surface area (Å²) in [6.07, 6.45) is 8.33. The number of hydrogen-bond acceptors (Lipinski definition) is 4. The first-order valence-electron chi connectivity index (χ1n) is 9.53. The smallest absolute Gasteiger partial charge is 0.264 e. The molecule has 3 aliphatic rings. The van der Waals surface area contributed by atoms with Gasteiger partial charge in [-0.15, -0.1) is 11.3 Å². The van der Waals surface area contributed by atoms with Crippen molar-refractivity contribution in [1.82, 2.24) is 9.80 Å². The van der Waals surface area contributed by atoms with Crippen LogP contribution in [0.15, 0.2) is 5.38 Å². The monoisotopic (exact) mass is 348 g/mol. The lowest BCUT2D eigenvalue weighted by Crippen LogP contribution is -2.51. The SMILES string of the molecule is O=C(c1scc2c1CCCC2)N1CCCC[C@H]1CN1CCOCC1. The molecular formula is C19H28N2O2S. The first-order chi connectivity index (χ1) is 11.8. The van der Waals surface area contributed by atoms with Gasteiger partial charge in [0.25, 0.3) is 5.91 Å². The Hall–Kier alpha value is -0.910. The maximum absolute atomic E-state index is 13.3. The maximum atomic E-state index is 13.3. The predicted octanol–water partition coefficient (Wildman–Crippen LogP) is 2.95. The molecule has 1 amide bonds. The van der Waals surface area contributed by atoms with E-state index in [1.807, 2.05) is 0 Å². The standard InChI is InChI=1S/C19H28N2O2S/c22-19(18-17-7-2-1-5-15(17)14-24-18)21-8-4-3-6-16(21)13-20-9-11-23-12-10-20/h14,16H,1-13H2/t16-/m0/s1. The molecule has 0 N–H and O–H groups in total. The molecule has 1 aromatic heterocycles. The molecule has 2 fully saturated rings. The summed E-state index contributed by atoms with van der Waals surface area (Å²) in [7, 11) is 0. The number of hydrogen-bond donors (Lipinski definition) is 0. The van der Waals surface area contributed by atoms with Crippen molar-refractivity contribution in [2.45, 2.75) is 51.0 Å². The van der Waals surface area contributed by atoms with Crippen LogP contribution < -0.4 is 0 Å². The molecule has 1 aromatic rings. The van der Waals surface area contributed by atoms with Gasteiger partial charge in [-0.3, -0.25) is 9.69 Å². The third-order valence-corrected chi connectivity index (χ3v) is 6.82. The van der Waals surface area contributed by atoms with E-state index in [1.54, 1.807) is 11.3 Å². The lowest BCUT2D eigenvalue weighted by atomic mass is 9.93. The van der Waals surface area contributed by atoms with E-state index in [2.05, 4.69) is 15.2 Å². The van der Waals surface area contributed by atoms with Gasteiger partial charge in [0.05, 0.1) is 18.1 Å². The van der Waals surface area contributed by atoms with Crippen molar-refractivity contribution < 1.29 is 9.53 Å². The number of fused-ring (bicyclic) bond motifs is 1. The first-order valence-corrected chi connectivity index (χ1v) is 10.4. The Bertz CT molecular complexity index is 580. The van der Waals surface area contributed by atoms with Crippen molar-refractivity contribution in [1.29, 1.82) is 0 Å². The van der Waals surface area contributed by atoms with E-state index in [1.165, 1.54) is 30.4 Å². The van der Waals surface area contributed by atoms with E-state index in [0.717, 1.165) is 70.0 Å². The number of aryl methyl sites for hydroxylation is 1. The first kappa shape index (κ1) is 16.6. The van der Waals surface area contributed by atoms with E-state index >= 15 is 0 Å². The lowest BCUT2D eigenvalue weighted by Gasteiger charge is -2.39. The minimum absolute atomic E-state index is 0.307. The zero-order valence-electron chi connectivity index (χ0n) is 14.5. The highest BCUT2D eigenvalue weighted by atomic mass is 32.1. The van der Waals surface area contributed by atoms with E-state index in [0.29, 0.717) is 11.9 Å². The van der Waals surface area contributed by atoms with Crippen LogP contribution >= 0.6 is 11.3 Å². The molecule has 3 heterocycles. The van der Waals surface area contributed by atoms with Crippen molar-refractivity contribution in [3.63, 3.8) is 0 Å². The Morgan fingerprint density at radius 1 is 1.12 bits per heavy atom. The number of ether oxygens (including phenoxy) is 1. The molecule has 0 aromatic carbocycles. The molecule has 0 unspecified atom stereocenters. The second kappa shape index (κ2) is 7.54. The number of carbonyl (C=O) groups excluding carboxylic acids is 1. The van der Waals surface area contributed by atoms with Gasteiger partial charge in [-0.2, -0.15) is 0 Å². The van der Waals surface area contributed by atoms with Crippen LogP contribution in [-0.2, 0) is 17.6 Å². The molecule has 1 atom stereocenters. The lowest BCUT2D eigenvalue weighted by molar-refractivity contribution is 0.0167. The number of piperidine rings is 1. The van der Waals surface area contributed by atoms with Crippen LogP contribution in [0.4, 0.5) is 0 Å². The van der Waals surface area contributed by atoms with Crippen LogP contribution in [-0.4, -0.2) is 61.1 Å². The molecule has 0 saturated carbocycles. The Kier molecular flexibility index (Phi) is 5.20. The van der Waals surface area contributed by atoms with Crippen molar-refractivity contribution in [3.05, 3.63) is 21.4 Å². The average Bonchev–Trinajstić information content (AvgIpc) is 3.07. The highest BCUT2D eigenvalue weighted by Gasteiger charge is 2.32. The zero-order chi connectivity index (χ0) is 16.4.